The normalized spacial score (nSPS) is 14.2. The molecule has 1 fully saturated rings. The fraction of sp³-hybridized carbons (Fsp3) is 0.517. The Morgan fingerprint density at radius 2 is 1.64 bits per heavy atom. The maximum Gasteiger partial charge on any atom is 0.409 e. The highest BCUT2D eigenvalue weighted by atomic mass is 16.6. The van der Waals surface area contributed by atoms with E-state index in [-0.39, 0.29) is 63.7 Å². The molecule has 3 amide bonds. The van der Waals surface area contributed by atoms with Gasteiger partial charge in [0, 0.05) is 44.1 Å². The summed E-state index contributed by atoms with van der Waals surface area (Å²) >= 11 is 0. The minimum Gasteiger partial charge on any atom is -0.481 e. The van der Waals surface area contributed by atoms with E-state index < -0.39 is 41.5 Å². The smallest absolute Gasteiger partial charge is 0.409 e. The van der Waals surface area contributed by atoms with Crippen LogP contribution in [-0.4, -0.2) is 101 Å². The summed E-state index contributed by atoms with van der Waals surface area (Å²) in [7, 11) is 0. The number of esters is 1. The van der Waals surface area contributed by atoms with Crippen LogP contribution in [0.2, 0.25) is 0 Å². The highest BCUT2D eigenvalue weighted by molar-refractivity contribution is 5.99. The van der Waals surface area contributed by atoms with Gasteiger partial charge in [-0.3, -0.25) is 14.4 Å². The van der Waals surface area contributed by atoms with E-state index in [2.05, 4.69) is 10.3 Å². The molecular formula is C29H38N4O9. The van der Waals surface area contributed by atoms with E-state index in [0.717, 1.165) is 5.56 Å². The van der Waals surface area contributed by atoms with E-state index in [9.17, 15) is 29.1 Å². The average Bonchev–Trinajstić information content (AvgIpc) is 2.94. The van der Waals surface area contributed by atoms with Crippen LogP contribution in [0.4, 0.5) is 4.79 Å². The van der Waals surface area contributed by atoms with Crippen LogP contribution in [0.3, 0.4) is 0 Å². The van der Waals surface area contributed by atoms with Gasteiger partial charge in [-0.05, 0) is 58.7 Å². The zero-order chi connectivity index (χ0) is 31.0. The Morgan fingerprint density at radius 1 is 1.00 bits per heavy atom. The summed E-state index contributed by atoms with van der Waals surface area (Å²) in [6, 6.07) is 5.59. The first kappa shape index (κ1) is 32.1. The third kappa shape index (κ3) is 8.08. The maximum absolute atomic E-state index is 13.5. The van der Waals surface area contributed by atoms with Gasteiger partial charge in [-0.1, -0.05) is 6.07 Å². The molecule has 0 radical (unpaired) electrons. The van der Waals surface area contributed by atoms with Gasteiger partial charge in [-0.2, -0.15) is 0 Å². The van der Waals surface area contributed by atoms with Crippen LogP contribution in [0.5, 0.6) is 5.75 Å². The number of carboxylic acid groups (broad SMARTS) is 1. The number of hydrogen-bond acceptors (Lipinski definition) is 9. The van der Waals surface area contributed by atoms with Gasteiger partial charge in [-0.15, -0.1) is 0 Å². The molecule has 1 aliphatic rings. The molecule has 2 aromatic rings. The third-order valence-corrected chi connectivity index (χ3v) is 6.66. The number of pyridine rings is 1. The Bertz CT molecular complexity index is 1340. The van der Waals surface area contributed by atoms with Crippen molar-refractivity contribution in [2.45, 2.75) is 59.1 Å². The molecule has 13 nitrogen and oxygen atoms in total. The van der Waals surface area contributed by atoms with E-state index in [0.29, 0.717) is 10.9 Å². The van der Waals surface area contributed by atoms with Crippen molar-refractivity contribution >= 4 is 40.7 Å². The topological polar surface area (TPSA) is 165 Å². The van der Waals surface area contributed by atoms with Crippen molar-refractivity contribution in [3.8, 4) is 5.75 Å². The van der Waals surface area contributed by atoms with Gasteiger partial charge in [0.25, 0.3) is 5.91 Å². The number of carbonyl (C=O) groups excluding carboxylic acids is 4. The van der Waals surface area contributed by atoms with Crippen molar-refractivity contribution in [2.75, 3.05) is 39.4 Å². The molecule has 1 aromatic heterocycles. The van der Waals surface area contributed by atoms with Crippen LogP contribution < -0.4 is 10.1 Å². The van der Waals surface area contributed by atoms with Crippen LogP contribution >= 0.6 is 0 Å². The van der Waals surface area contributed by atoms with Crippen molar-refractivity contribution in [3.05, 3.63) is 35.5 Å². The lowest BCUT2D eigenvalue weighted by molar-refractivity contribution is -0.158. The number of aryl methyl sites for hydroxylation is 1. The van der Waals surface area contributed by atoms with Crippen LogP contribution in [-0.2, 0) is 23.9 Å². The number of aliphatic carboxylic acids is 1. The van der Waals surface area contributed by atoms with Gasteiger partial charge in [0.15, 0.2) is 5.60 Å². The number of rotatable bonds is 11. The minimum absolute atomic E-state index is 0.0805. The van der Waals surface area contributed by atoms with Gasteiger partial charge in [0.05, 0.1) is 18.7 Å². The predicted molar refractivity (Wildman–Crippen MR) is 151 cm³/mol. The highest BCUT2D eigenvalue weighted by Crippen LogP contribution is 2.30. The lowest BCUT2D eigenvalue weighted by Gasteiger charge is -2.35. The van der Waals surface area contributed by atoms with Crippen molar-refractivity contribution in [3.63, 3.8) is 0 Å². The van der Waals surface area contributed by atoms with Crippen LogP contribution in [0.25, 0.3) is 10.9 Å². The standard InChI is InChI=1S/C29H38N4O9/c1-6-40-27(38)29(4,5)42-23-17-22(30-21-16-18(3)8-9-19(21)23)25(36)31-20(10-11-24(34)35)26(37)32-12-14-33(15-13-32)28(39)41-7-2/h8-9,16-17,20H,6-7,10-15H2,1-5H3,(H,31,36)(H,34,35). The number of nitrogens with one attached hydrogen (secondary N) is 1. The second-order valence-electron chi connectivity index (χ2n) is 10.3. The number of nitrogens with zero attached hydrogens (tertiary/aromatic N) is 3. The number of benzene rings is 1. The Balaban J connectivity index is 1.87. The number of fused-ring (bicyclic) bond motifs is 1. The molecule has 1 atom stereocenters. The Kier molecular flexibility index (Phi) is 10.7. The number of carbonyl (C=O) groups is 5. The summed E-state index contributed by atoms with van der Waals surface area (Å²) in [6.07, 6.45) is -0.974. The lowest BCUT2D eigenvalue weighted by atomic mass is 10.1. The first-order chi connectivity index (χ1) is 19.9. The maximum atomic E-state index is 13.5. The van der Waals surface area contributed by atoms with E-state index >= 15 is 0 Å². The molecule has 13 heteroatoms. The molecule has 2 heterocycles. The van der Waals surface area contributed by atoms with Crippen molar-refractivity contribution in [2.24, 2.45) is 0 Å². The molecule has 3 rings (SSSR count). The molecule has 228 valence electrons. The van der Waals surface area contributed by atoms with E-state index in [4.69, 9.17) is 14.2 Å². The molecule has 0 bridgehead atoms. The number of hydrogen-bond donors (Lipinski definition) is 2. The van der Waals surface area contributed by atoms with E-state index in [1.807, 2.05) is 13.0 Å². The molecule has 1 unspecified atom stereocenters. The fourth-order valence-electron chi connectivity index (χ4n) is 4.43. The summed E-state index contributed by atoms with van der Waals surface area (Å²) in [6.45, 7) is 9.63. The van der Waals surface area contributed by atoms with Crippen molar-refractivity contribution in [1.82, 2.24) is 20.1 Å². The predicted octanol–water partition coefficient (Wildman–Crippen LogP) is 2.53. The van der Waals surface area contributed by atoms with Crippen LogP contribution in [0, 0.1) is 6.92 Å². The van der Waals surface area contributed by atoms with Crippen LogP contribution in [0.15, 0.2) is 24.3 Å². The summed E-state index contributed by atoms with van der Waals surface area (Å²) < 4.78 is 16.2. The summed E-state index contributed by atoms with van der Waals surface area (Å²) in [5.41, 5.74) is -0.155. The minimum atomic E-state index is -1.38. The molecule has 0 saturated carbocycles. The molecule has 1 aromatic carbocycles. The number of ether oxygens (including phenoxy) is 3. The molecule has 0 spiro atoms. The SMILES string of the molecule is CCOC(=O)N1CCN(C(=O)C(CCC(=O)O)NC(=O)c2cc(OC(C)(C)C(=O)OCC)c3ccc(C)cc3n2)CC1. The quantitative estimate of drug-likeness (QED) is 0.374. The van der Waals surface area contributed by atoms with Gasteiger partial charge in [0.2, 0.25) is 5.91 Å². The molecular weight excluding hydrogens is 548 g/mol. The van der Waals surface area contributed by atoms with Crippen molar-refractivity contribution in [1.29, 1.82) is 0 Å². The summed E-state index contributed by atoms with van der Waals surface area (Å²) in [5, 5.41) is 12.5. The second kappa shape index (κ2) is 14.0. The highest BCUT2D eigenvalue weighted by Gasteiger charge is 2.34. The zero-order valence-corrected chi connectivity index (χ0v) is 24.6. The molecule has 0 aliphatic carbocycles. The Morgan fingerprint density at radius 3 is 2.26 bits per heavy atom. The van der Waals surface area contributed by atoms with Gasteiger partial charge in [0.1, 0.15) is 17.5 Å². The van der Waals surface area contributed by atoms with Gasteiger partial charge >= 0.3 is 18.0 Å². The largest absolute Gasteiger partial charge is 0.481 e. The number of aromatic nitrogens is 1. The third-order valence-electron chi connectivity index (χ3n) is 6.66. The fourth-order valence-corrected chi connectivity index (χ4v) is 4.43. The number of piperazine rings is 1. The average molecular weight is 587 g/mol. The van der Waals surface area contributed by atoms with E-state index in [1.54, 1.807) is 39.8 Å². The molecule has 1 saturated heterocycles. The monoisotopic (exact) mass is 586 g/mol. The van der Waals surface area contributed by atoms with Crippen molar-refractivity contribution < 1.29 is 43.3 Å². The Labute approximate surface area is 244 Å². The van der Waals surface area contributed by atoms with E-state index in [1.165, 1.54) is 15.9 Å². The second-order valence-corrected chi connectivity index (χ2v) is 10.3. The van der Waals surface area contributed by atoms with Gasteiger partial charge < -0.3 is 34.4 Å². The van der Waals surface area contributed by atoms with Crippen LogP contribution in [0.1, 0.15) is 56.6 Å². The molecule has 2 N–H and O–H groups in total. The molecule has 42 heavy (non-hydrogen) atoms. The summed E-state index contributed by atoms with van der Waals surface area (Å²) in [4.78, 5) is 70.2. The number of amides is 3. The zero-order valence-electron chi connectivity index (χ0n) is 24.6. The summed E-state index contributed by atoms with van der Waals surface area (Å²) in [5.74, 6) is -2.68. The lowest BCUT2D eigenvalue weighted by Crippen LogP contribution is -2.56. The Hall–Kier alpha value is -4.42. The molecule has 1 aliphatic heterocycles. The number of carboxylic acids is 1. The van der Waals surface area contributed by atoms with Gasteiger partial charge in [-0.25, -0.2) is 14.6 Å². The first-order valence-electron chi connectivity index (χ1n) is 13.9. The first-order valence-corrected chi connectivity index (χ1v) is 13.9.